The van der Waals surface area contributed by atoms with E-state index in [2.05, 4.69) is 9.97 Å². The van der Waals surface area contributed by atoms with Crippen molar-refractivity contribution in [2.45, 2.75) is 42.4 Å². The summed E-state index contributed by atoms with van der Waals surface area (Å²) in [6.07, 6.45) is 2.41. The summed E-state index contributed by atoms with van der Waals surface area (Å²) in [7, 11) is -3.35. The fraction of sp³-hybridized carbons (Fsp3) is 0.241. The number of benzene rings is 2. The molecule has 0 fully saturated rings. The van der Waals surface area contributed by atoms with E-state index in [0.717, 1.165) is 12.1 Å². The van der Waals surface area contributed by atoms with Gasteiger partial charge in [-0.15, -0.1) is 0 Å². The van der Waals surface area contributed by atoms with Crippen LogP contribution in [0.25, 0.3) is 11.1 Å². The summed E-state index contributed by atoms with van der Waals surface area (Å²) in [6.45, 7) is 3.33. The molecule has 4 rings (SSSR count). The van der Waals surface area contributed by atoms with Crippen LogP contribution in [0.15, 0.2) is 81.6 Å². The van der Waals surface area contributed by atoms with Crippen LogP contribution in [0.1, 0.15) is 36.8 Å². The van der Waals surface area contributed by atoms with Gasteiger partial charge in [-0.1, -0.05) is 36.4 Å². The SMILES string of the molecule is COCC(c1ccccc1)n1c(COC(C)C)nc(=O)c(S(=O)(=O)c2ccc(-c3cnccc3C#N)c(F)c2)c1O. The zero-order chi connectivity index (χ0) is 29.7. The Morgan fingerprint density at radius 1 is 1.12 bits per heavy atom. The molecule has 0 saturated heterocycles. The number of pyridine rings is 1. The quantitative estimate of drug-likeness (QED) is 0.295. The number of aromatic hydroxyl groups is 1. The summed E-state index contributed by atoms with van der Waals surface area (Å²) < 4.78 is 55.0. The van der Waals surface area contributed by atoms with E-state index in [0.29, 0.717) is 5.56 Å². The van der Waals surface area contributed by atoms with Crippen LogP contribution in [-0.2, 0) is 25.9 Å². The highest BCUT2D eigenvalue weighted by Crippen LogP contribution is 2.34. The van der Waals surface area contributed by atoms with Crippen LogP contribution >= 0.6 is 0 Å². The Morgan fingerprint density at radius 3 is 2.49 bits per heavy atom. The first-order valence-electron chi connectivity index (χ1n) is 12.5. The lowest BCUT2D eigenvalue weighted by molar-refractivity contribution is 0.0554. The number of methoxy groups -OCH3 is 1. The van der Waals surface area contributed by atoms with E-state index in [1.54, 1.807) is 44.2 Å². The van der Waals surface area contributed by atoms with Gasteiger partial charge >= 0.3 is 0 Å². The molecule has 0 aliphatic heterocycles. The maximum absolute atomic E-state index is 15.3. The lowest BCUT2D eigenvalue weighted by atomic mass is 10.0. The van der Waals surface area contributed by atoms with Gasteiger partial charge in [-0.25, -0.2) is 12.8 Å². The third kappa shape index (κ3) is 6.02. The number of aromatic nitrogens is 3. The van der Waals surface area contributed by atoms with Crippen LogP contribution in [0.3, 0.4) is 0 Å². The highest BCUT2D eigenvalue weighted by atomic mass is 32.2. The Kier molecular flexibility index (Phi) is 8.92. The Morgan fingerprint density at radius 2 is 1.85 bits per heavy atom. The summed E-state index contributed by atoms with van der Waals surface area (Å²) in [5.74, 6) is -1.87. The Labute approximate surface area is 236 Å². The lowest BCUT2D eigenvalue weighted by Crippen LogP contribution is -2.29. The molecule has 212 valence electrons. The molecule has 2 aromatic heterocycles. The lowest BCUT2D eigenvalue weighted by Gasteiger charge is -2.26. The van der Waals surface area contributed by atoms with Gasteiger partial charge in [-0.05, 0) is 37.6 Å². The number of hydrogen-bond acceptors (Lipinski definition) is 9. The predicted molar refractivity (Wildman–Crippen MR) is 146 cm³/mol. The second-order valence-electron chi connectivity index (χ2n) is 9.28. The average molecular weight is 579 g/mol. The van der Waals surface area contributed by atoms with Gasteiger partial charge in [0.25, 0.3) is 5.56 Å². The van der Waals surface area contributed by atoms with Crippen molar-refractivity contribution in [1.82, 2.24) is 14.5 Å². The molecule has 2 heterocycles. The molecule has 1 atom stereocenters. The van der Waals surface area contributed by atoms with E-state index in [9.17, 15) is 23.6 Å². The summed E-state index contributed by atoms with van der Waals surface area (Å²) in [4.78, 5) is 19.5. The van der Waals surface area contributed by atoms with E-state index in [1.807, 2.05) is 6.07 Å². The Balaban J connectivity index is 1.91. The first kappa shape index (κ1) is 29.5. The smallest absolute Gasteiger partial charge is 0.296 e. The molecular formula is C29H27FN4O6S. The molecule has 0 spiro atoms. The van der Waals surface area contributed by atoms with Crippen molar-refractivity contribution in [3.8, 4) is 23.1 Å². The fourth-order valence-corrected chi connectivity index (χ4v) is 5.67. The molecule has 41 heavy (non-hydrogen) atoms. The van der Waals surface area contributed by atoms with Crippen molar-refractivity contribution in [3.05, 3.63) is 100 Å². The van der Waals surface area contributed by atoms with Crippen molar-refractivity contribution in [1.29, 1.82) is 5.26 Å². The zero-order valence-electron chi connectivity index (χ0n) is 22.5. The highest BCUT2D eigenvalue weighted by Gasteiger charge is 2.33. The molecule has 1 N–H and O–H groups in total. The van der Waals surface area contributed by atoms with E-state index < -0.39 is 42.9 Å². The molecule has 0 aliphatic carbocycles. The summed E-state index contributed by atoms with van der Waals surface area (Å²) in [6, 6.07) is 14.4. The number of nitriles is 1. The van der Waals surface area contributed by atoms with E-state index in [-0.39, 0.29) is 41.8 Å². The minimum absolute atomic E-state index is 0.00798. The van der Waals surface area contributed by atoms with Gasteiger partial charge < -0.3 is 14.6 Å². The average Bonchev–Trinajstić information content (AvgIpc) is 2.95. The molecule has 12 heteroatoms. The van der Waals surface area contributed by atoms with Crippen LogP contribution in [0.4, 0.5) is 4.39 Å². The minimum atomic E-state index is -4.79. The second kappa shape index (κ2) is 12.4. The number of hydrogen-bond donors (Lipinski definition) is 1. The van der Waals surface area contributed by atoms with Gasteiger partial charge in [0.2, 0.25) is 15.7 Å². The molecule has 1 unspecified atom stereocenters. The maximum atomic E-state index is 15.3. The first-order valence-corrected chi connectivity index (χ1v) is 14.0. The summed E-state index contributed by atoms with van der Waals surface area (Å²) in [5, 5.41) is 20.8. The van der Waals surface area contributed by atoms with Gasteiger partial charge in [-0.3, -0.25) is 14.3 Å². The fourth-order valence-electron chi connectivity index (χ4n) is 4.31. The highest BCUT2D eigenvalue weighted by molar-refractivity contribution is 7.91. The molecule has 10 nitrogen and oxygen atoms in total. The Bertz CT molecular complexity index is 1770. The molecule has 0 saturated carbocycles. The van der Waals surface area contributed by atoms with Gasteiger partial charge in [0, 0.05) is 30.6 Å². The largest absolute Gasteiger partial charge is 0.493 e. The number of sulfone groups is 1. The maximum Gasteiger partial charge on any atom is 0.296 e. The number of rotatable bonds is 10. The van der Waals surface area contributed by atoms with Gasteiger partial charge in [0.1, 0.15) is 18.2 Å². The topological polar surface area (TPSA) is 144 Å². The number of ether oxygens (including phenoxy) is 2. The van der Waals surface area contributed by atoms with Gasteiger partial charge in [0.15, 0.2) is 4.90 Å². The van der Waals surface area contributed by atoms with E-state index in [4.69, 9.17) is 9.47 Å². The summed E-state index contributed by atoms with van der Waals surface area (Å²) in [5.41, 5.74) is -0.330. The third-order valence-corrected chi connectivity index (χ3v) is 8.02. The number of halogens is 1. The zero-order valence-corrected chi connectivity index (χ0v) is 23.3. The Hall–Kier alpha value is -4.44. The van der Waals surface area contributed by atoms with Crippen molar-refractivity contribution in [2.75, 3.05) is 13.7 Å². The van der Waals surface area contributed by atoms with Crippen LogP contribution in [0.5, 0.6) is 5.88 Å². The summed E-state index contributed by atoms with van der Waals surface area (Å²) >= 11 is 0. The van der Waals surface area contributed by atoms with E-state index >= 15 is 4.39 Å². The minimum Gasteiger partial charge on any atom is -0.493 e. The first-order chi connectivity index (χ1) is 19.6. The normalized spacial score (nSPS) is 12.3. The predicted octanol–water partition coefficient (Wildman–Crippen LogP) is 4.02. The molecule has 0 amide bonds. The van der Waals surface area contributed by atoms with Crippen molar-refractivity contribution < 1.29 is 27.4 Å². The van der Waals surface area contributed by atoms with Gasteiger partial charge in [0.05, 0.1) is 35.3 Å². The molecule has 4 aromatic rings. The molecule has 0 bridgehead atoms. The molecule has 0 aliphatic rings. The monoisotopic (exact) mass is 578 g/mol. The molecule has 0 radical (unpaired) electrons. The second-order valence-corrected chi connectivity index (χ2v) is 11.2. The van der Waals surface area contributed by atoms with Gasteiger partial charge in [-0.2, -0.15) is 10.2 Å². The van der Waals surface area contributed by atoms with Crippen molar-refractivity contribution in [2.24, 2.45) is 0 Å². The molecule has 2 aromatic carbocycles. The molecular weight excluding hydrogens is 551 g/mol. The van der Waals surface area contributed by atoms with Crippen molar-refractivity contribution >= 4 is 9.84 Å². The van der Waals surface area contributed by atoms with Crippen LogP contribution in [-0.4, -0.2) is 47.9 Å². The standard InChI is InChI=1S/C29H27FN4O6S/c1-18(2)40-17-26-33-28(35)27(29(36)34(26)25(16-39-3)19-7-5-4-6-8-19)41(37,38)21-9-10-22(24(30)13-21)23-15-32-12-11-20(23)14-31/h4-13,15,18,25,36H,16-17H2,1-3H3. The van der Waals surface area contributed by atoms with E-state index in [1.165, 1.54) is 36.2 Å². The van der Waals surface area contributed by atoms with Crippen molar-refractivity contribution in [3.63, 3.8) is 0 Å². The third-order valence-electron chi connectivity index (χ3n) is 6.25. The van der Waals surface area contributed by atoms with Crippen LogP contribution in [0, 0.1) is 17.1 Å². The van der Waals surface area contributed by atoms with Crippen LogP contribution in [0.2, 0.25) is 0 Å². The number of nitrogens with zero attached hydrogens (tertiary/aromatic N) is 4. The van der Waals surface area contributed by atoms with Crippen LogP contribution < -0.4 is 5.56 Å².